The highest BCUT2D eigenvalue weighted by Crippen LogP contribution is 2.30. The molecule has 0 bridgehead atoms. The molecule has 1 aliphatic heterocycles. The van der Waals surface area contributed by atoms with E-state index in [2.05, 4.69) is 17.2 Å². The van der Waals surface area contributed by atoms with Gasteiger partial charge in [0.1, 0.15) is 0 Å². The monoisotopic (exact) mass is 346 g/mol. The summed E-state index contributed by atoms with van der Waals surface area (Å²) in [6.07, 6.45) is 2.85. The Morgan fingerprint density at radius 2 is 2.08 bits per heavy atom. The van der Waals surface area contributed by atoms with E-state index in [1.165, 1.54) is 11.3 Å². The normalized spacial score (nSPS) is 13.4. The van der Waals surface area contributed by atoms with Crippen LogP contribution in [-0.4, -0.2) is 24.1 Å². The molecule has 5 nitrogen and oxygen atoms in total. The number of hydrogen-bond donors (Lipinski definition) is 1. The Bertz CT molecular complexity index is 727. The lowest BCUT2D eigenvalue weighted by Crippen LogP contribution is -2.12. The van der Waals surface area contributed by atoms with Gasteiger partial charge in [0, 0.05) is 17.7 Å². The summed E-state index contributed by atoms with van der Waals surface area (Å²) in [6.45, 7) is 5.45. The second-order valence-corrected chi connectivity index (χ2v) is 6.96. The number of anilines is 1. The predicted octanol–water partition coefficient (Wildman–Crippen LogP) is 3.75. The first kappa shape index (κ1) is 16.8. The number of fused-ring (bicyclic) bond motifs is 1. The number of aryl methyl sites for hydroxylation is 3. The van der Waals surface area contributed by atoms with Gasteiger partial charge < -0.3 is 14.8 Å². The first-order valence-electron chi connectivity index (χ1n) is 8.30. The topological polar surface area (TPSA) is 60.5 Å². The maximum Gasteiger partial charge on any atom is 0.226 e. The summed E-state index contributed by atoms with van der Waals surface area (Å²) in [5, 5.41) is 3.58. The molecule has 1 N–H and O–H groups in total. The summed E-state index contributed by atoms with van der Waals surface area (Å²) in [6, 6.07) is 5.88. The molecule has 1 aliphatic rings. The number of carbonyl (C=O) groups is 1. The van der Waals surface area contributed by atoms with Crippen molar-refractivity contribution in [2.24, 2.45) is 0 Å². The minimum atomic E-state index is -0.0153. The van der Waals surface area contributed by atoms with Crippen LogP contribution >= 0.6 is 11.3 Å². The van der Waals surface area contributed by atoms with Crippen LogP contribution in [-0.2, 0) is 17.6 Å². The maximum absolute atomic E-state index is 12.1. The number of thiazole rings is 1. The number of ether oxygens (including phenoxy) is 2. The molecule has 2 aromatic rings. The maximum atomic E-state index is 12.1. The zero-order chi connectivity index (χ0) is 16.9. The lowest BCUT2D eigenvalue weighted by molar-refractivity contribution is -0.116. The van der Waals surface area contributed by atoms with Crippen LogP contribution in [0.2, 0.25) is 0 Å². The van der Waals surface area contributed by atoms with Crippen molar-refractivity contribution in [2.75, 3.05) is 18.5 Å². The van der Waals surface area contributed by atoms with Crippen LogP contribution in [0.1, 0.15) is 35.9 Å². The highest BCUT2D eigenvalue weighted by Gasteiger charge is 2.12. The largest absolute Gasteiger partial charge is 0.490 e. The van der Waals surface area contributed by atoms with E-state index in [1.54, 1.807) is 0 Å². The first-order valence-corrected chi connectivity index (χ1v) is 9.12. The highest BCUT2D eigenvalue weighted by molar-refractivity contribution is 7.15. The van der Waals surface area contributed by atoms with Crippen molar-refractivity contribution in [3.63, 3.8) is 0 Å². The molecule has 2 heterocycles. The van der Waals surface area contributed by atoms with E-state index in [1.807, 2.05) is 25.1 Å². The number of nitrogens with one attached hydrogen (secondary N) is 1. The molecule has 0 fully saturated rings. The number of hydrogen-bond acceptors (Lipinski definition) is 5. The van der Waals surface area contributed by atoms with Gasteiger partial charge in [0.15, 0.2) is 16.6 Å². The van der Waals surface area contributed by atoms with Crippen LogP contribution in [0.3, 0.4) is 0 Å². The van der Waals surface area contributed by atoms with Gasteiger partial charge in [-0.2, -0.15) is 0 Å². The molecule has 6 heteroatoms. The van der Waals surface area contributed by atoms with E-state index in [4.69, 9.17) is 9.47 Å². The van der Waals surface area contributed by atoms with Crippen molar-refractivity contribution in [3.8, 4) is 11.5 Å². The van der Waals surface area contributed by atoms with Gasteiger partial charge in [-0.05, 0) is 37.5 Å². The molecule has 1 aromatic carbocycles. The molecular formula is C18H22N2O3S. The fraction of sp³-hybridized carbons (Fsp3) is 0.444. The van der Waals surface area contributed by atoms with E-state index in [9.17, 15) is 4.79 Å². The zero-order valence-corrected chi connectivity index (χ0v) is 14.9. The SMILES string of the molecule is CCc1nc(NC(=O)CCc2ccc3c(c2)OCCCO3)sc1C. The molecule has 0 radical (unpaired) electrons. The standard InChI is InChI=1S/C18H22N2O3S/c1-3-14-12(2)24-18(19-14)20-17(21)8-6-13-5-7-15-16(11-13)23-10-4-9-22-15/h5,7,11H,3-4,6,8-10H2,1-2H3,(H,19,20,21). The van der Waals surface area contributed by atoms with Crippen molar-refractivity contribution >= 4 is 22.4 Å². The van der Waals surface area contributed by atoms with Gasteiger partial charge >= 0.3 is 0 Å². The molecule has 0 atom stereocenters. The van der Waals surface area contributed by atoms with Crippen molar-refractivity contribution in [1.29, 1.82) is 0 Å². The second kappa shape index (κ2) is 7.66. The first-order chi connectivity index (χ1) is 11.7. The number of aromatic nitrogens is 1. The number of nitrogens with zero attached hydrogens (tertiary/aromatic N) is 1. The molecule has 0 aliphatic carbocycles. The number of benzene rings is 1. The summed E-state index contributed by atoms with van der Waals surface area (Å²) >= 11 is 1.53. The molecule has 24 heavy (non-hydrogen) atoms. The summed E-state index contributed by atoms with van der Waals surface area (Å²) in [7, 11) is 0. The van der Waals surface area contributed by atoms with Crippen molar-refractivity contribution in [3.05, 3.63) is 34.3 Å². The lowest BCUT2D eigenvalue weighted by Gasteiger charge is -2.09. The molecule has 1 aromatic heterocycles. The molecule has 1 amide bonds. The van der Waals surface area contributed by atoms with Gasteiger partial charge in [0.05, 0.1) is 18.9 Å². The third-order valence-corrected chi connectivity index (χ3v) is 4.86. The average Bonchev–Trinajstić information content (AvgIpc) is 2.78. The van der Waals surface area contributed by atoms with E-state index in [0.717, 1.165) is 40.5 Å². The summed E-state index contributed by atoms with van der Waals surface area (Å²) in [5.74, 6) is 1.54. The predicted molar refractivity (Wildman–Crippen MR) is 95.2 cm³/mol. The van der Waals surface area contributed by atoms with Gasteiger partial charge in [0.2, 0.25) is 5.91 Å². The number of carbonyl (C=O) groups excluding carboxylic acids is 1. The summed E-state index contributed by atoms with van der Waals surface area (Å²) < 4.78 is 11.3. The van der Waals surface area contributed by atoms with Crippen molar-refractivity contribution in [2.45, 2.75) is 39.5 Å². The Kier molecular flexibility index (Phi) is 5.35. The third kappa shape index (κ3) is 4.06. The van der Waals surface area contributed by atoms with E-state index >= 15 is 0 Å². The van der Waals surface area contributed by atoms with Gasteiger partial charge in [-0.1, -0.05) is 13.0 Å². The van der Waals surface area contributed by atoms with Gasteiger partial charge in [-0.25, -0.2) is 4.98 Å². The Morgan fingerprint density at radius 1 is 1.29 bits per heavy atom. The Labute approximate surface area is 146 Å². The number of rotatable bonds is 5. The van der Waals surface area contributed by atoms with Crippen molar-refractivity contribution in [1.82, 2.24) is 4.98 Å². The van der Waals surface area contributed by atoms with E-state index in [0.29, 0.717) is 31.2 Å². The molecule has 3 rings (SSSR count). The summed E-state index contributed by atoms with van der Waals surface area (Å²) in [4.78, 5) is 17.7. The highest BCUT2D eigenvalue weighted by atomic mass is 32.1. The fourth-order valence-corrected chi connectivity index (χ4v) is 3.53. The number of amides is 1. The van der Waals surface area contributed by atoms with E-state index < -0.39 is 0 Å². The quantitative estimate of drug-likeness (QED) is 0.896. The lowest BCUT2D eigenvalue weighted by atomic mass is 10.1. The van der Waals surface area contributed by atoms with E-state index in [-0.39, 0.29) is 5.91 Å². The Morgan fingerprint density at radius 3 is 2.83 bits per heavy atom. The molecular weight excluding hydrogens is 324 g/mol. The third-order valence-electron chi connectivity index (χ3n) is 3.93. The van der Waals surface area contributed by atoms with Crippen LogP contribution in [0.25, 0.3) is 0 Å². The van der Waals surface area contributed by atoms with Crippen molar-refractivity contribution < 1.29 is 14.3 Å². The minimum absolute atomic E-state index is 0.0153. The fourth-order valence-electron chi connectivity index (χ4n) is 2.61. The van der Waals surface area contributed by atoms with Crippen LogP contribution in [0.5, 0.6) is 11.5 Å². The molecule has 0 spiro atoms. The van der Waals surface area contributed by atoms with Gasteiger partial charge in [-0.3, -0.25) is 4.79 Å². The van der Waals surface area contributed by atoms with Crippen LogP contribution < -0.4 is 14.8 Å². The van der Waals surface area contributed by atoms with Crippen LogP contribution in [0, 0.1) is 6.92 Å². The second-order valence-electron chi connectivity index (χ2n) is 5.76. The Hall–Kier alpha value is -2.08. The van der Waals surface area contributed by atoms with Gasteiger partial charge in [0.25, 0.3) is 0 Å². The summed E-state index contributed by atoms with van der Waals surface area (Å²) in [5.41, 5.74) is 2.12. The molecule has 128 valence electrons. The minimum Gasteiger partial charge on any atom is -0.490 e. The molecule has 0 saturated carbocycles. The molecule has 0 unspecified atom stereocenters. The molecule has 0 saturated heterocycles. The van der Waals surface area contributed by atoms with Gasteiger partial charge in [-0.15, -0.1) is 11.3 Å². The van der Waals surface area contributed by atoms with Crippen LogP contribution in [0.4, 0.5) is 5.13 Å². The Balaban J connectivity index is 1.57. The zero-order valence-electron chi connectivity index (χ0n) is 14.1. The van der Waals surface area contributed by atoms with Crippen LogP contribution in [0.15, 0.2) is 18.2 Å². The average molecular weight is 346 g/mol. The smallest absolute Gasteiger partial charge is 0.226 e.